The van der Waals surface area contributed by atoms with Gasteiger partial charge in [0.1, 0.15) is 0 Å². The molecule has 0 fully saturated rings. The number of methoxy groups -OCH3 is 1. The number of hydrogen-bond donors (Lipinski definition) is 4. The molecule has 8 nitrogen and oxygen atoms in total. The van der Waals surface area contributed by atoms with Crippen molar-refractivity contribution in [1.82, 2.24) is 15.0 Å². The number of rotatable bonds is 6. The van der Waals surface area contributed by atoms with Gasteiger partial charge in [-0.3, -0.25) is 10.8 Å². The number of aryl methyl sites for hydroxylation is 1. The molecule has 0 atom stereocenters. The standard InChI is InChI=1S/C9H17N7O.ClH/c1-17-7(10)4-2-3-5-16-13-6-8(15-16)14-9(11)12;/h6,10H,2-5H2,1H3,(H4,11,12,14,15);1H. The maximum Gasteiger partial charge on any atom is 0.191 e. The quantitative estimate of drug-likeness (QED) is 0.347. The van der Waals surface area contributed by atoms with Crippen molar-refractivity contribution in [1.29, 1.82) is 10.8 Å². The zero-order valence-corrected chi connectivity index (χ0v) is 11.0. The Hall–Kier alpha value is -1.83. The molecule has 0 aliphatic rings. The first kappa shape index (κ1) is 16.2. The molecule has 1 rings (SSSR count). The second-order valence-corrected chi connectivity index (χ2v) is 3.45. The zero-order valence-electron chi connectivity index (χ0n) is 10.1. The van der Waals surface area contributed by atoms with Gasteiger partial charge in [-0.15, -0.1) is 17.5 Å². The smallest absolute Gasteiger partial charge is 0.191 e. The maximum atomic E-state index is 7.29. The lowest BCUT2D eigenvalue weighted by atomic mass is 10.2. The molecule has 0 aliphatic carbocycles. The number of halogens is 1. The van der Waals surface area contributed by atoms with Crippen molar-refractivity contribution in [2.45, 2.75) is 25.8 Å². The number of unbranched alkanes of at least 4 members (excludes halogenated alkanes) is 1. The van der Waals surface area contributed by atoms with Crippen LogP contribution in [0.5, 0.6) is 0 Å². The molecule has 0 radical (unpaired) electrons. The molecule has 0 spiro atoms. The van der Waals surface area contributed by atoms with Crippen molar-refractivity contribution in [3.63, 3.8) is 0 Å². The van der Waals surface area contributed by atoms with Crippen molar-refractivity contribution in [3.8, 4) is 0 Å². The van der Waals surface area contributed by atoms with Crippen LogP contribution >= 0.6 is 12.4 Å². The van der Waals surface area contributed by atoms with Gasteiger partial charge in [-0.2, -0.15) is 9.90 Å². The first-order chi connectivity index (χ1) is 8.11. The number of nitrogens with zero attached hydrogens (tertiary/aromatic N) is 3. The van der Waals surface area contributed by atoms with Crippen LogP contribution in [0.3, 0.4) is 0 Å². The minimum Gasteiger partial charge on any atom is -0.484 e. The molecular weight excluding hydrogens is 258 g/mol. The Labute approximate surface area is 111 Å². The Morgan fingerprint density at radius 3 is 2.83 bits per heavy atom. The summed E-state index contributed by atoms with van der Waals surface area (Å²) < 4.78 is 4.75. The fraction of sp³-hybridized carbons (Fsp3) is 0.556. The summed E-state index contributed by atoms with van der Waals surface area (Å²) in [4.78, 5) is 1.53. The molecule has 0 unspecified atom stereocenters. The van der Waals surface area contributed by atoms with Crippen LogP contribution in [0.25, 0.3) is 0 Å². The molecule has 1 aromatic heterocycles. The van der Waals surface area contributed by atoms with Gasteiger partial charge in [0.05, 0.1) is 19.9 Å². The van der Waals surface area contributed by atoms with Gasteiger partial charge in [0.15, 0.2) is 17.7 Å². The number of guanidine groups is 1. The molecule has 0 bridgehead atoms. The monoisotopic (exact) mass is 275 g/mol. The third-order valence-electron chi connectivity index (χ3n) is 2.06. The maximum absolute atomic E-state index is 7.29. The first-order valence-corrected chi connectivity index (χ1v) is 5.24. The van der Waals surface area contributed by atoms with Crippen LogP contribution in [0.1, 0.15) is 19.3 Å². The predicted molar refractivity (Wildman–Crippen MR) is 71.4 cm³/mol. The lowest BCUT2D eigenvalue weighted by molar-refractivity contribution is 0.381. The SMILES string of the molecule is COC(=N)CCCCn1ncc(NC(=N)N)n1.Cl. The van der Waals surface area contributed by atoms with Crippen molar-refractivity contribution in [2.75, 3.05) is 12.4 Å². The van der Waals surface area contributed by atoms with Gasteiger partial charge in [0.25, 0.3) is 0 Å². The second-order valence-electron chi connectivity index (χ2n) is 3.45. The highest BCUT2D eigenvalue weighted by molar-refractivity contribution is 5.88. The number of aromatic nitrogens is 3. The van der Waals surface area contributed by atoms with Crippen molar-refractivity contribution in [2.24, 2.45) is 5.73 Å². The summed E-state index contributed by atoms with van der Waals surface area (Å²) in [7, 11) is 1.50. The number of nitrogens with two attached hydrogens (primary N) is 1. The molecule has 0 aliphatic heterocycles. The lowest BCUT2D eigenvalue weighted by Gasteiger charge is -2.02. The number of nitrogens with one attached hydrogen (secondary N) is 3. The third kappa shape index (κ3) is 6.04. The summed E-state index contributed by atoms with van der Waals surface area (Å²) in [6.07, 6.45) is 3.85. The fourth-order valence-electron chi connectivity index (χ4n) is 1.24. The van der Waals surface area contributed by atoms with Gasteiger partial charge < -0.3 is 15.8 Å². The molecule has 0 amide bonds. The topological polar surface area (TPSA) is 126 Å². The van der Waals surface area contributed by atoms with Crippen LogP contribution in [0, 0.1) is 10.8 Å². The summed E-state index contributed by atoms with van der Waals surface area (Å²) >= 11 is 0. The van der Waals surface area contributed by atoms with E-state index in [0.29, 0.717) is 18.8 Å². The van der Waals surface area contributed by atoms with Crippen LogP contribution in [-0.4, -0.2) is 34.0 Å². The van der Waals surface area contributed by atoms with Gasteiger partial charge in [-0.1, -0.05) is 0 Å². The molecule has 0 saturated carbocycles. The summed E-state index contributed by atoms with van der Waals surface area (Å²) in [6, 6.07) is 0. The van der Waals surface area contributed by atoms with E-state index in [4.69, 9.17) is 21.3 Å². The summed E-state index contributed by atoms with van der Waals surface area (Å²) in [5.74, 6) is 0.588. The van der Waals surface area contributed by atoms with E-state index >= 15 is 0 Å². The molecule has 0 saturated heterocycles. The van der Waals surface area contributed by atoms with E-state index in [1.54, 1.807) is 0 Å². The lowest BCUT2D eigenvalue weighted by Crippen LogP contribution is -2.20. The van der Waals surface area contributed by atoms with Crippen molar-refractivity contribution in [3.05, 3.63) is 6.20 Å². The average Bonchev–Trinajstić information content (AvgIpc) is 2.70. The second kappa shape index (κ2) is 8.29. The molecular formula is C9H18ClN7O. The van der Waals surface area contributed by atoms with Crippen molar-refractivity contribution < 1.29 is 4.74 Å². The molecule has 18 heavy (non-hydrogen) atoms. The van der Waals surface area contributed by atoms with E-state index in [9.17, 15) is 0 Å². The van der Waals surface area contributed by atoms with E-state index in [1.807, 2.05) is 0 Å². The Balaban J connectivity index is 0.00000289. The molecule has 1 aromatic rings. The Bertz CT molecular complexity index is 392. The van der Waals surface area contributed by atoms with Gasteiger partial charge in [-0.25, -0.2) is 0 Å². The van der Waals surface area contributed by atoms with Gasteiger partial charge in [0, 0.05) is 6.42 Å². The van der Waals surface area contributed by atoms with Crippen molar-refractivity contribution >= 4 is 30.1 Å². The third-order valence-corrected chi connectivity index (χ3v) is 2.06. The van der Waals surface area contributed by atoms with Crippen LogP contribution in [-0.2, 0) is 11.3 Å². The van der Waals surface area contributed by atoms with E-state index < -0.39 is 0 Å². The largest absolute Gasteiger partial charge is 0.484 e. The highest BCUT2D eigenvalue weighted by Crippen LogP contribution is 2.02. The summed E-state index contributed by atoms with van der Waals surface area (Å²) in [5, 5.41) is 25.0. The van der Waals surface area contributed by atoms with E-state index in [-0.39, 0.29) is 24.3 Å². The van der Waals surface area contributed by atoms with Crippen LogP contribution in [0.2, 0.25) is 0 Å². The molecule has 0 aromatic carbocycles. The van der Waals surface area contributed by atoms with E-state index in [0.717, 1.165) is 12.8 Å². The number of hydrogen-bond acceptors (Lipinski definition) is 5. The minimum atomic E-state index is -0.161. The molecule has 5 N–H and O–H groups in total. The minimum absolute atomic E-state index is 0. The molecule has 9 heteroatoms. The van der Waals surface area contributed by atoms with Crippen LogP contribution in [0.4, 0.5) is 5.82 Å². The van der Waals surface area contributed by atoms with Crippen LogP contribution in [0.15, 0.2) is 6.20 Å². The average molecular weight is 276 g/mol. The summed E-state index contributed by atoms with van der Waals surface area (Å²) in [5.41, 5.74) is 5.16. The Kier molecular flexibility index (Phi) is 7.45. The summed E-state index contributed by atoms with van der Waals surface area (Å²) in [6.45, 7) is 0.663. The molecule has 102 valence electrons. The number of ether oxygens (including phenoxy) is 1. The Morgan fingerprint density at radius 1 is 1.50 bits per heavy atom. The Morgan fingerprint density at radius 2 is 2.22 bits per heavy atom. The van der Waals surface area contributed by atoms with Crippen LogP contribution < -0.4 is 11.1 Å². The highest BCUT2D eigenvalue weighted by Gasteiger charge is 2.01. The van der Waals surface area contributed by atoms with Gasteiger partial charge >= 0.3 is 0 Å². The normalized spacial score (nSPS) is 9.39. The van der Waals surface area contributed by atoms with Gasteiger partial charge in [0.2, 0.25) is 0 Å². The van der Waals surface area contributed by atoms with E-state index in [1.165, 1.54) is 18.1 Å². The zero-order chi connectivity index (χ0) is 12.7. The number of anilines is 1. The first-order valence-electron chi connectivity index (χ1n) is 5.24. The predicted octanol–water partition coefficient (Wildman–Crippen LogP) is 0.799. The highest BCUT2D eigenvalue weighted by atomic mass is 35.5. The molecule has 1 heterocycles. The van der Waals surface area contributed by atoms with E-state index in [2.05, 4.69) is 15.5 Å². The fourth-order valence-corrected chi connectivity index (χ4v) is 1.24. The van der Waals surface area contributed by atoms with Gasteiger partial charge in [-0.05, 0) is 12.8 Å².